The highest BCUT2D eigenvalue weighted by Crippen LogP contribution is 2.30. The lowest BCUT2D eigenvalue weighted by molar-refractivity contribution is -0.118. The molecule has 2 aromatic rings. The van der Waals surface area contributed by atoms with E-state index in [1.165, 1.54) is 12.8 Å². The summed E-state index contributed by atoms with van der Waals surface area (Å²) in [4.78, 5) is 16.6. The van der Waals surface area contributed by atoms with Gasteiger partial charge in [0.1, 0.15) is 6.04 Å². The summed E-state index contributed by atoms with van der Waals surface area (Å²) in [5.74, 6) is 0.957. The number of hydrazine groups is 1. The Balaban J connectivity index is 1.38. The number of hydrogen-bond donors (Lipinski definition) is 3. The van der Waals surface area contributed by atoms with E-state index < -0.39 is 0 Å². The van der Waals surface area contributed by atoms with Gasteiger partial charge in [0, 0.05) is 36.6 Å². The molecule has 126 valence electrons. The zero-order valence-electron chi connectivity index (χ0n) is 13.5. The Labute approximate surface area is 140 Å². The van der Waals surface area contributed by atoms with Crippen LogP contribution in [0.1, 0.15) is 31.2 Å². The lowest BCUT2D eigenvalue weighted by Crippen LogP contribution is -2.42. The molecule has 7 nitrogen and oxygen atoms in total. The number of carbonyl (C=O) groups excluding carboxylic acids is 1. The first-order valence-electron chi connectivity index (χ1n) is 8.54. The molecule has 0 bridgehead atoms. The van der Waals surface area contributed by atoms with Gasteiger partial charge in [-0.25, -0.2) is 5.43 Å². The summed E-state index contributed by atoms with van der Waals surface area (Å²) in [5.41, 5.74) is 7.56. The number of fused-ring (bicyclic) bond motifs is 1. The van der Waals surface area contributed by atoms with Crippen molar-refractivity contribution in [3.63, 3.8) is 0 Å². The Morgan fingerprint density at radius 2 is 2.04 bits per heavy atom. The zero-order chi connectivity index (χ0) is 16.4. The van der Waals surface area contributed by atoms with Gasteiger partial charge in [-0.1, -0.05) is 12.8 Å². The number of hydrogen-bond acceptors (Lipinski definition) is 5. The van der Waals surface area contributed by atoms with Gasteiger partial charge in [0.05, 0.1) is 6.54 Å². The van der Waals surface area contributed by atoms with Crippen LogP contribution in [0.2, 0.25) is 0 Å². The number of anilines is 1. The van der Waals surface area contributed by atoms with E-state index in [0.717, 1.165) is 18.4 Å². The lowest BCUT2D eigenvalue weighted by Gasteiger charge is -2.26. The molecule has 0 radical (unpaired) electrons. The highest BCUT2D eigenvalue weighted by atomic mass is 16.2. The smallest absolute Gasteiger partial charge is 0.244 e. The van der Waals surface area contributed by atoms with Crippen LogP contribution in [0.4, 0.5) is 5.82 Å². The van der Waals surface area contributed by atoms with Gasteiger partial charge in [0.25, 0.3) is 0 Å². The second-order valence-electron chi connectivity index (χ2n) is 6.56. The van der Waals surface area contributed by atoms with Crippen molar-refractivity contribution in [2.75, 3.05) is 5.32 Å². The second kappa shape index (κ2) is 6.70. The molecule has 1 amide bonds. The topological polar surface area (TPSA) is 83.9 Å². The van der Waals surface area contributed by atoms with Crippen molar-refractivity contribution < 1.29 is 4.79 Å². The van der Waals surface area contributed by atoms with E-state index in [-0.39, 0.29) is 11.9 Å². The van der Waals surface area contributed by atoms with E-state index >= 15 is 0 Å². The Morgan fingerprint density at radius 3 is 2.92 bits per heavy atom. The number of amides is 1. The molecule has 3 unspecified atom stereocenters. The van der Waals surface area contributed by atoms with Gasteiger partial charge in [-0.05, 0) is 30.5 Å². The molecule has 1 saturated carbocycles. The van der Waals surface area contributed by atoms with Crippen molar-refractivity contribution in [2.24, 2.45) is 5.92 Å². The summed E-state index contributed by atoms with van der Waals surface area (Å²) in [5, 5.41) is 7.37. The molecule has 3 atom stereocenters. The molecular weight excluding hydrogens is 304 g/mol. The number of nitrogens with one attached hydrogen (secondary N) is 3. The van der Waals surface area contributed by atoms with Gasteiger partial charge in [0.15, 0.2) is 5.82 Å². The van der Waals surface area contributed by atoms with Crippen molar-refractivity contribution in [3.05, 3.63) is 42.4 Å². The Bertz CT molecular complexity index is 700. The van der Waals surface area contributed by atoms with Gasteiger partial charge in [-0.15, -0.1) is 0 Å². The molecule has 0 aromatic carbocycles. The van der Waals surface area contributed by atoms with Crippen LogP contribution >= 0.6 is 0 Å². The lowest BCUT2D eigenvalue weighted by atomic mass is 9.81. The normalized spacial score (nSPS) is 26.1. The third-order valence-corrected chi connectivity index (χ3v) is 4.94. The fourth-order valence-electron chi connectivity index (χ4n) is 3.70. The Kier molecular flexibility index (Phi) is 4.27. The summed E-state index contributed by atoms with van der Waals surface area (Å²) >= 11 is 0. The van der Waals surface area contributed by atoms with Gasteiger partial charge in [-0.2, -0.15) is 5.10 Å². The highest BCUT2D eigenvalue weighted by Gasteiger charge is 2.41. The molecule has 1 aliphatic heterocycles. The van der Waals surface area contributed by atoms with Crippen molar-refractivity contribution in [1.82, 2.24) is 25.6 Å². The van der Waals surface area contributed by atoms with Crippen LogP contribution in [-0.2, 0) is 11.3 Å². The highest BCUT2D eigenvalue weighted by molar-refractivity contribution is 5.94. The third kappa shape index (κ3) is 3.18. The molecule has 2 fully saturated rings. The summed E-state index contributed by atoms with van der Waals surface area (Å²) in [6.45, 7) is 0.659. The number of carbonyl (C=O) groups is 1. The maximum Gasteiger partial charge on any atom is 0.244 e. The van der Waals surface area contributed by atoms with Crippen LogP contribution in [0, 0.1) is 5.92 Å². The molecule has 0 spiro atoms. The number of aromatic nitrogens is 3. The minimum atomic E-state index is -0.180. The van der Waals surface area contributed by atoms with Gasteiger partial charge in [-0.3, -0.25) is 19.9 Å². The molecule has 24 heavy (non-hydrogen) atoms. The average molecular weight is 326 g/mol. The molecule has 3 N–H and O–H groups in total. The fourth-order valence-corrected chi connectivity index (χ4v) is 3.70. The largest absolute Gasteiger partial charge is 0.308 e. The van der Waals surface area contributed by atoms with Gasteiger partial charge >= 0.3 is 0 Å². The Hall–Kier alpha value is -2.25. The van der Waals surface area contributed by atoms with Gasteiger partial charge < -0.3 is 5.32 Å². The second-order valence-corrected chi connectivity index (χ2v) is 6.56. The van der Waals surface area contributed by atoms with E-state index in [2.05, 4.69) is 26.3 Å². The zero-order valence-corrected chi connectivity index (χ0v) is 13.5. The Morgan fingerprint density at radius 1 is 1.21 bits per heavy atom. The quantitative estimate of drug-likeness (QED) is 0.789. The van der Waals surface area contributed by atoms with Crippen LogP contribution in [-0.4, -0.2) is 32.8 Å². The minimum absolute atomic E-state index is 0.00828. The summed E-state index contributed by atoms with van der Waals surface area (Å²) < 4.78 is 1.81. The number of pyridine rings is 1. The van der Waals surface area contributed by atoms with Crippen molar-refractivity contribution in [3.8, 4) is 0 Å². The predicted octanol–water partition coefficient (Wildman–Crippen LogP) is 1.30. The minimum Gasteiger partial charge on any atom is -0.308 e. The number of rotatable bonds is 4. The average Bonchev–Trinajstić information content (AvgIpc) is 3.22. The van der Waals surface area contributed by atoms with Crippen LogP contribution in [0.25, 0.3) is 0 Å². The molecular formula is C17H22N6O. The van der Waals surface area contributed by atoms with E-state index in [0.29, 0.717) is 24.3 Å². The molecule has 2 aromatic heterocycles. The first-order chi connectivity index (χ1) is 11.8. The monoisotopic (exact) mass is 326 g/mol. The van der Waals surface area contributed by atoms with Crippen LogP contribution < -0.4 is 16.2 Å². The summed E-state index contributed by atoms with van der Waals surface area (Å²) in [6, 6.07) is 5.98. The maximum absolute atomic E-state index is 12.6. The molecule has 1 saturated heterocycles. The van der Waals surface area contributed by atoms with Crippen molar-refractivity contribution in [2.45, 2.75) is 44.3 Å². The van der Waals surface area contributed by atoms with Crippen LogP contribution in [0.15, 0.2) is 36.8 Å². The maximum atomic E-state index is 12.6. The van der Waals surface area contributed by atoms with E-state index in [1.807, 2.05) is 29.1 Å². The van der Waals surface area contributed by atoms with E-state index in [9.17, 15) is 4.79 Å². The first kappa shape index (κ1) is 15.3. The van der Waals surface area contributed by atoms with E-state index in [1.54, 1.807) is 12.4 Å². The first-order valence-corrected chi connectivity index (χ1v) is 8.54. The van der Waals surface area contributed by atoms with Crippen molar-refractivity contribution in [1.29, 1.82) is 0 Å². The van der Waals surface area contributed by atoms with E-state index in [4.69, 9.17) is 0 Å². The molecule has 2 aliphatic rings. The number of nitrogens with zero attached hydrogens (tertiary/aromatic N) is 3. The summed E-state index contributed by atoms with van der Waals surface area (Å²) in [6.07, 6.45) is 10.1. The fraction of sp³-hybridized carbons (Fsp3) is 0.471. The SMILES string of the molecule is O=C(Nc1ccn(Cc2ccncc2)n1)C1NNC2CCCCC21. The third-order valence-electron chi connectivity index (χ3n) is 4.94. The molecule has 3 heterocycles. The van der Waals surface area contributed by atoms with Crippen LogP contribution in [0.5, 0.6) is 0 Å². The van der Waals surface area contributed by atoms with Crippen molar-refractivity contribution >= 4 is 11.7 Å². The molecule has 4 rings (SSSR count). The predicted molar refractivity (Wildman–Crippen MR) is 90.0 cm³/mol. The van der Waals surface area contributed by atoms with Gasteiger partial charge in [0.2, 0.25) is 5.91 Å². The standard InChI is InChI=1S/C17H22N6O/c24-17(16-13-3-1-2-4-14(13)20-21-16)19-15-7-10-23(22-15)11-12-5-8-18-9-6-12/h5-10,13-14,16,20-21H,1-4,11H2,(H,19,22,24). The van der Waals surface area contributed by atoms with Crippen LogP contribution in [0.3, 0.4) is 0 Å². The molecule has 7 heteroatoms. The summed E-state index contributed by atoms with van der Waals surface area (Å²) in [7, 11) is 0. The molecule has 1 aliphatic carbocycles.